The third-order valence-corrected chi connectivity index (χ3v) is 10.5. The summed E-state index contributed by atoms with van der Waals surface area (Å²) < 4.78 is 25.8. The molecule has 2 unspecified atom stereocenters. The highest BCUT2D eigenvalue weighted by Gasteiger charge is 2.52. The third kappa shape index (κ3) is 3.31. The first-order valence-corrected chi connectivity index (χ1v) is 16.0. The van der Waals surface area contributed by atoms with Crippen LogP contribution < -0.4 is 9.05 Å². The predicted octanol–water partition coefficient (Wildman–Crippen LogP) is 9.38. The molecule has 0 fully saturated rings. The van der Waals surface area contributed by atoms with E-state index in [9.17, 15) is 9.46 Å². The van der Waals surface area contributed by atoms with Crippen LogP contribution in [0.2, 0.25) is 0 Å². The van der Waals surface area contributed by atoms with Crippen molar-refractivity contribution in [2.24, 2.45) is 0 Å². The van der Waals surface area contributed by atoms with Gasteiger partial charge in [0.25, 0.3) is 0 Å². The molecule has 1 N–H and O–H groups in total. The van der Waals surface area contributed by atoms with Crippen molar-refractivity contribution in [1.29, 1.82) is 0 Å². The lowest BCUT2D eigenvalue weighted by Gasteiger charge is -2.34. The van der Waals surface area contributed by atoms with Crippen LogP contribution in [0.5, 0.6) is 11.5 Å². The number of hydrogen-bond donors (Lipinski definition) is 1. The standard InChI is InChI=1S/C37H27O4P/c38-42(39)40-33-18-17-30(28-13-5-9-23-7-1-3-11-26(23)28)31-20-22-37(35(31)33)21-19-25-15-16-32(36(41-42)34(25)37)29-14-6-10-24-8-2-4-12-27(24)29/h1-18H,19-22H2,(H,38,39). The SMILES string of the molecule is O=P1(O)Oc2ccc(-c3cccc4ccccc34)c3c2C2(CCc4ccc(-c5cccc6ccccc56)c(c42)O1)CC3. The van der Waals surface area contributed by atoms with E-state index in [0.29, 0.717) is 11.5 Å². The van der Waals surface area contributed by atoms with Crippen molar-refractivity contribution in [1.82, 2.24) is 0 Å². The number of hydrogen-bond acceptors (Lipinski definition) is 3. The van der Waals surface area contributed by atoms with Crippen molar-refractivity contribution in [3.8, 4) is 33.8 Å². The Hall–Kier alpha value is -4.37. The van der Waals surface area contributed by atoms with Crippen molar-refractivity contribution in [2.75, 3.05) is 0 Å². The Morgan fingerprint density at radius 2 is 1.21 bits per heavy atom. The summed E-state index contributed by atoms with van der Waals surface area (Å²) in [7, 11) is -4.50. The Morgan fingerprint density at radius 3 is 1.95 bits per heavy atom. The van der Waals surface area contributed by atoms with Gasteiger partial charge in [0.2, 0.25) is 0 Å². The van der Waals surface area contributed by atoms with Gasteiger partial charge in [-0.25, -0.2) is 4.57 Å². The summed E-state index contributed by atoms with van der Waals surface area (Å²) in [5, 5.41) is 4.58. The molecule has 4 nitrogen and oxygen atoms in total. The van der Waals surface area contributed by atoms with Crippen LogP contribution in [0, 0.1) is 0 Å². The van der Waals surface area contributed by atoms with Crippen molar-refractivity contribution in [3.63, 3.8) is 0 Å². The van der Waals surface area contributed by atoms with Gasteiger partial charge >= 0.3 is 7.82 Å². The molecule has 0 aromatic heterocycles. The van der Waals surface area contributed by atoms with Gasteiger partial charge in [-0.15, -0.1) is 0 Å². The van der Waals surface area contributed by atoms with Gasteiger partial charge in [-0.2, -0.15) is 0 Å². The molecule has 0 amide bonds. The number of rotatable bonds is 2. The summed E-state index contributed by atoms with van der Waals surface area (Å²) in [6.45, 7) is 0. The first-order chi connectivity index (χ1) is 20.5. The summed E-state index contributed by atoms with van der Waals surface area (Å²) >= 11 is 0. The molecular weight excluding hydrogens is 539 g/mol. The molecule has 204 valence electrons. The maximum Gasteiger partial charge on any atom is 0.584 e. The maximum absolute atomic E-state index is 13.7. The van der Waals surface area contributed by atoms with Gasteiger partial charge in [0, 0.05) is 22.1 Å². The van der Waals surface area contributed by atoms with Crippen LogP contribution in [0.4, 0.5) is 0 Å². The Kier molecular flexibility index (Phi) is 4.95. The van der Waals surface area contributed by atoms with Crippen LogP contribution in [-0.2, 0) is 22.8 Å². The fourth-order valence-corrected chi connectivity index (χ4v) is 8.88. The molecule has 2 atom stereocenters. The Bertz CT molecular complexity index is 2150. The Labute approximate surface area is 243 Å². The highest BCUT2D eigenvalue weighted by Crippen LogP contribution is 2.65. The van der Waals surface area contributed by atoms with E-state index < -0.39 is 7.82 Å². The van der Waals surface area contributed by atoms with Gasteiger partial charge < -0.3 is 9.05 Å². The molecule has 2 aliphatic carbocycles. The lowest BCUT2D eigenvalue weighted by Crippen LogP contribution is -2.25. The van der Waals surface area contributed by atoms with E-state index in [-0.39, 0.29) is 5.41 Å². The summed E-state index contributed by atoms with van der Waals surface area (Å²) in [4.78, 5) is 11.2. The zero-order chi connectivity index (χ0) is 28.1. The monoisotopic (exact) mass is 566 g/mol. The molecular formula is C37H27O4P. The molecule has 1 spiro atoms. The number of phosphoric acid groups is 1. The van der Waals surface area contributed by atoms with E-state index in [1.807, 2.05) is 24.3 Å². The van der Waals surface area contributed by atoms with Crippen molar-refractivity contribution < 1.29 is 18.5 Å². The minimum atomic E-state index is -4.50. The van der Waals surface area contributed by atoms with Gasteiger partial charge in [-0.05, 0) is 81.1 Å². The fourth-order valence-electron chi connectivity index (χ4n) is 8.02. The minimum Gasteiger partial charge on any atom is -0.395 e. The number of aryl methyl sites for hydroxylation is 1. The van der Waals surface area contributed by atoms with E-state index in [1.54, 1.807) is 0 Å². The van der Waals surface area contributed by atoms with Crippen LogP contribution in [0.25, 0.3) is 43.8 Å². The summed E-state index contributed by atoms with van der Waals surface area (Å²) in [5.74, 6) is 0.952. The molecule has 1 aliphatic heterocycles. The van der Waals surface area contributed by atoms with Crippen LogP contribution >= 0.6 is 7.82 Å². The molecule has 3 aliphatic rings. The maximum atomic E-state index is 13.7. The van der Waals surface area contributed by atoms with Gasteiger partial charge in [0.1, 0.15) is 11.5 Å². The zero-order valence-electron chi connectivity index (χ0n) is 22.8. The highest BCUT2D eigenvalue weighted by atomic mass is 31.2. The topological polar surface area (TPSA) is 55.8 Å². The van der Waals surface area contributed by atoms with E-state index in [2.05, 4.69) is 84.9 Å². The minimum absolute atomic E-state index is 0.350. The average Bonchev–Trinajstić information content (AvgIpc) is 3.58. The quantitative estimate of drug-likeness (QED) is 0.212. The summed E-state index contributed by atoms with van der Waals surface area (Å²) in [6, 6.07) is 37.5. The number of phosphoric ester groups is 1. The first-order valence-electron chi connectivity index (χ1n) is 14.5. The predicted molar refractivity (Wildman–Crippen MR) is 167 cm³/mol. The summed E-state index contributed by atoms with van der Waals surface area (Å²) in [6.07, 6.45) is 3.56. The summed E-state index contributed by atoms with van der Waals surface area (Å²) in [5.41, 5.74) is 8.31. The molecule has 0 radical (unpaired) electrons. The van der Waals surface area contributed by atoms with Crippen molar-refractivity contribution in [2.45, 2.75) is 31.1 Å². The van der Waals surface area contributed by atoms with Crippen molar-refractivity contribution in [3.05, 3.63) is 131 Å². The van der Waals surface area contributed by atoms with Crippen LogP contribution in [0.1, 0.15) is 35.1 Å². The molecule has 1 heterocycles. The number of fused-ring (bicyclic) bond motifs is 2. The highest BCUT2D eigenvalue weighted by molar-refractivity contribution is 7.48. The second-order valence-electron chi connectivity index (χ2n) is 11.7. The zero-order valence-corrected chi connectivity index (χ0v) is 23.7. The molecule has 9 rings (SSSR count). The van der Waals surface area contributed by atoms with Crippen LogP contribution in [0.15, 0.2) is 109 Å². The van der Waals surface area contributed by atoms with Crippen molar-refractivity contribution >= 4 is 29.4 Å². The van der Waals surface area contributed by atoms with E-state index in [0.717, 1.165) is 58.7 Å². The molecule has 5 heteroatoms. The lowest BCUT2D eigenvalue weighted by molar-refractivity contribution is 0.280. The smallest absolute Gasteiger partial charge is 0.395 e. The molecule has 0 saturated heterocycles. The van der Waals surface area contributed by atoms with Crippen LogP contribution in [0.3, 0.4) is 0 Å². The lowest BCUT2D eigenvalue weighted by atomic mass is 9.74. The van der Waals surface area contributed by atoms with Gasteiger partial charge in [-0.1, -0.05) is 103 Å². The molecule has 0 bridgehead atoms. The fraction of sp³-hybridized carbons (Fsp3) is 0.135. The van der Waals surface area contributed by atoms with Gasteiger partial charge in [-0.3, -0.25) is 4.89 Å². The average molecular weight is 567 g/mol. The van der Waals surface area contributed by atoms with Gasteiger partial charge in [0.05, 0.1) is 0 Å². The Balaban J connectivity index is 1.34. The Morgan fingerprint density at radius 1 is 0.595 bits per heavy atom. The molecule has 42 heavy (non-hydrogen) atoms. The third-order valence-electron chi connectivity index (χ3n) is 9.68. The second-order valence-corrected chi connectivity index (χ2v) is 13.0. The molecule has 0 saturated carbocycles. The first kappa shape index (κ1) is 24.2. The second kappa shape index (κ2) is 8.58. The van der Waals surface area contributed by atoms with E-state index in [1.165, 1.54) is 33.0 Å². The van der Waals surface area contributed by atoms with Crippen LogP contribution in [-0.4, -0.2) is 4.89 Å². The van der Waals surface area contributed by atoms with Gasteiger partial charge in [0.15, 0.2) is 0 Å². The largest absolute Gasteiger partial charge is 0.584 e. The van der Waals surface area contributed by atoms with E-state index >= 15 is 0 Å². The number of benzene rings is 6. The molecule has 6 aromatic carbocycles. The normalized spacial score (nSPS) is 21.7. The molecule has 6 aromatic rings. The van der Waals surface area contributed by atoms with E-state index in [4.69, 9.17) is 9.05 Å².